The summed E-state index contributed by atoms with van der Waals surface area (Å²) in [6, 6.07) is 6.54. The highest BCUT2D eigenvalue weighted by Crippen LogP contribution is 2.27. The molecule has 0 bridgehead atoms. The Morgan fingerprint density at radius 1 is 1.44 bits per heavy atom. The number of aliphatic carboxylic acids is 1. The normalized spacial score (nSPS) is 12.6. The average Bonchev–Trinajstić information content (AvgIpc) is 2.69. The van der Waals surface area contributed by atoms with Crippen molar-refractivity contribution < 1.29 is 24.2 Å². The van der Waals surface area contributed by atoms with Gasteiger partial charge in [0, 0.05) is 5.39 Å². The quantitative estimate of drug-likeness (QED) is 0.823. The van der Waals surface area contributed by atoms with E-state index in [0.717, 1.165) is 0 Å². The lowest BCUT2D eigenvalue weighted by Gasteiger charge is -1.98. The number of fused-ring (bicyclic) bond motifs is 1. The molecule has 2 aromatic rings. The first kappa shape index (κ1) is 10.5. The van der Waals surface area contributed by atoms with Crippen molar-refractivity contribution in [1.82, 2.24) is 0 Å². The van der Waals surface area contributed by atoms with E-state index in [4.69, 9.17) is 14.3 Å². The molecule has 2 N–H and O–H groups in total. The zero-order chi connectivity index (χ0) is 11.7. The number of aliphatic hydroxyl groups excluding tert-OH is 1. The first-order valence-corrected chi connectivity index (χ1v) is 4.60. The summed E-state index contributed by atoms with van der Waals surface area (Å²) in [7, 11) is 1.54. The number of carboxylic acid groups (broad SMARTS) is 1. The van der Waals surface area contributed by atoms with Crippen LogP contribution in [0.15, 0.2) is 28.7 Å². The lowest BCUT2D eigenvalue weighted by molar-refractivity contribution is -0.147. The van der Waals surface area contributed by atoms with Gasteiger partial charge in [0.25, 0.3) is 0 Å². The number of furan rings is 1. The molecule has 1 aromatic heterocycles. The lowest BCUT2D eigenvalue weighted by atomic mass is 10.2. The minimum atomic E-state index is -1.64. The van der Waals surface area contributed by atoms with Gasteiger partial charge in [-0.1, -0.05) is 0 Å². The van der Waals surface area contributed by atoms with Crippen molar-refractivity contribution in [1.29, 1.82) is 0 Å². The lowest BCUT2D eigenvalue weighted by Crippen LogP contribution is -2.09. The van der Waals surface area contributed by atoms with Crippen LogP contribution in [0.3, 0.4) is 0 Å². The number of methoxy groups -OCH3 is 1. The smallest absolute Gasteiger partial charge is 0.340 e. The molecule has 1 atom stereocenters. The molecule has 5 nitrogen and oxygen atoms in total. The van der Waals surface area contributed by atoms with E-state index in [1.807, 2.05) is 0 Å². The van der Waals surface area contributed by atoms with Crippen molar-refractivity contribution in [3.05, 3.63) is 30.0 Å². The molecule has 1 unspecified atom stereocenters. The van der Waals surface area contributed by atoms with Crippen LogP contribution in [0, 0.1) is 0 Å². The predicted molar refractivity (Wildman–Crippen MR) is 55.4 cm³/mol. The molecule has 2 rings (SSSR count). The summed E-state index contributed by atoms with van der Waals surface area (Å²) in [5.74, 6) is -0.688. The molecular formula is C11H10O5. The van der Waals surface area contributed by atoms with Crippen LogP contribution in [0.4, 0.5) is 0 Å². The fourth-order valence-corrected chi connectivity index (χ4v) is 1.43. The molecular weight excluding hydrogens is 212 g/mol. The SMILES string of the molecule is COc1ccc2oc(C(O)C(=O)O)cc2c1. The van der Waals surface area contributed by atoms with Crippen LogP contribution in [-0.4, -0.2) is 23.3 Å². The Hall–Kier alpha value is -2.01. The average molecular weight is 222 g/mol. The number of aliphatic hydroxyl groups is 1. The number of carboxylic acids is 1. The summed E-state index contributed by atoms with van der Waals surface area (Å²) in [5, 5.41) is 18.6. The number of hydrogen-bond donors (Lipinski definition) is 2. The van der Waals surface area contributed by atoms with Crippen LogP contribution in [-0.2, 0) is 4.79 Å². The molecule has 0 spiro atoms. The van der Waals surface area contributed by atoms with Crippen molar-refractivity contribution in [3.63, 3.8) is 0 Å². The molecule has 5 heteroatoms. The van der Waals surface area contributed by atoms with E-state index >= 15 is 0 Å². The molecule has 0 aliphatic rings. The molecule has 16 heavy (non-hydrogen) atoms. The Morgan fingerprint density at radius 2 is 2.19 bits per heavy atom. The molecule has 1 heterocycles. The summed E-state index contributed by atoms with van der Waals surface area (Å²) in [4.78, 5) is 10.6. The van der Waals surface area contributed by atoms with Gasteiger partial charge in [-0.05, 0) is 24.3 Å². The fraction of sp³-hybridized carbons (Fsp3) is 0.182. The number of ether oxygens (including phenoxy) is 1. The topological polar surface area (TPSA) is 79.9 Å². The molecule has 84 valence electrons. The Bertz CT molecular complexity index is 528. The van der Waals surface area contributed by atoms with Crippen molar-refractivity contribution in [2.24, 2.45) is 0 Å². The largest absolute Gasteiger partial charge is 0.497 e. The van der Waals surface area contributed by atoms with E-state index in [2.05, 4.69) is 0 Å². The van der Waals surface area contributed by atoms with Crippen LogP contribution in [0.5, 0.6) is 5.75 Å². The summed E-state index contributed by atoms with van der Waals surface area (Å²) in [5.41, 5.74) is 0.510. The van der Waals surface area contributed by atoms with Crippen LogP contribution in [0.25, 0.3) is 11.0 Å². The third kappa shape index (κ3) is 1.72. The number of carbonyl (C=O) groups is 1. The third-order valence-corrected chi connectivity index (χ3v) is 2.25. The summed E-state index contributed by atoms with van der Waals surface area (Å²) < 4.78 is 10.2. The van der Waals surface area contributed by atoms with Gasteiger partial charge >= 0.3 is 5.97 Å². The second-order valence-corrected chi connectivity index (χ2v) is 3.29. The molecule has 0 radical (unpaired) electrons. The van der Waals surface area contributed by atoms with Crippen LogP contribution >= 0.6 is 0 Å². The third-order valence-electron chi connectivity index (χ3n) is 2.25. The Morgan fingerprint density at radius 3 is 2.81 bits per heavy atom. The van der Waals surface area contributed by atoms with Gasteiger partial charge in [0.2, 0.25) is 6.10 Å². The van der Waals surface area contributed by atoms with Gasteiger partial charge in [0.15, 0.2) is 0 Å². The summed E-state index contributed by atoms with van der Waals surface area (Å²) in [6.07, 6.45) is -1.64. The van der Waals surface area contributed by atoms with Gasteiger partial charge in [0.1, 0.15) is 17.1 Å². The maximum Gasteiger partial charge on any atom is 0.340 e. The molecule has 0 aliphatic heterocycles. The predicted octanol–water partition coefficient (Wildman–Crippen LogP) is 1.56. The van der Waals surface area contributed by atoms with Crippen LogP contribution in [0.1, 0.15) is 11.9 Å². The zero-order valence-electron chi connectivity index (χ0n) is 8.51. The number of hydrogen-bond acceptors (Lipinski definition) is 4. The Kier molecular flexibility index (Phi) is 2.54. The molecule has 0 saturated heterocycles. The van der Waals surface area contributed by atoms with Gasteiger partial charge in [-0.3, -0.25) is 0 Å². The monoisotopic (exact) mass is 222 g/mol. The second-order valence-electron chi connectivity index (χ2n) is 3.29. The number of rotatable bonds is 3. The molecule has 0 amide bonds. The van der Waals surface area contributed by atoms with E-state index in [1.54, 1.807) is 18.2 Å². The molecule has 0 fully saturated rings. The highest BCUT2D eigenvalue weighted by molar-refractivity contribution is 5.82. The first-order valence-electron chi connectivity index (χ1n) is 4.60. The highest BCUT2D eigenvalue weighted by Gasteiger charge is 2.20. The van der Waals surface area contributed by atoms with Crippen molar-refractivity contribution in [3.8, 4) is 5.75 Å². The molecule has 1 aromatic carbocycles. The maximum atomic E-state index is 10.6. The van der Waals surface area contributed by atoms with Gasteiger partial charge in [0.05, 0.1) is 7.11 Å². The van der Waals surface area contributed by atoms with Crippen molar-refractivity contribution >= 4 is 16.9 Å². The number of benzene rings is 1. The fourth-order valence-electron chi connectivity index (χ4n) is 1.43. The minimum absolute atomic E-state index is 0.00996. The Labute approximate surface area is 90.9 Å². The van der Waals surface area contributed by atoms with E-state index < -0.39 is 12.1 Å². The van der Waals surface area contributed by atoms with E-state index in [1.165, 1.54) is 13.2 Å². The van der Waals surface area contributed by atoms with Gasteiger partial charge in [-0.25, -0.2) is 4.79 Å². The standard InChI is InChI=1S/C11H10O5/c1-15-7-2-3-8-6(4-7)5-9(16-8)10(12)11(13)14/h2-5,10,12H,1H3,(H,13,14). The van der Waals surface area contributed by atoms with E-state index in [0.29, 0.717) is 16.7 Å². The van der Waals surface area contributed by atoms with E-state index in [-0.39, 0.29) is 5.76 Å². The zero-order valence-corrected chi connectivity index (χ0v) is 8.51. The minimum Gasteiger partial charge on any atom is -0.497 e. The molecule has 0 saturated carbocycles. The highest BCUT2D eigenvalue weighted by atomic mass is 16.5. The Balaban J connectivity index is 2.47. The molecule has 0 aliphatic carbocycles. The second kappa shape index (κ2) is 3.86. The van der Waals surface area contributed by atoms with Crippen molar-refractivity contribution in [2.45, 2.75) is 6.10 Å². The van der Waals surface area contributed by atoms with Crippen LogP contribution in [0.2, 0.25) is 0 Å². The van der Waals surface area contributed by atoms with Crippen molar-refractivity contribution in [2.75, 3.05) is 7.11 Å². The van der Waals surface area contributed by atoms with Gasteiger partial charge < -0.3 is 19.4 Å². The summed E-state index contributed by atoms with van der Waals surface area (Å²) >= 11 is 0. The first-order chi connectivity index (χ1) is 7.61. The van der Waals surface area contributed by atoms with Crippen LogP contribution < -0.4 is 4.74 Å². The maximum absolute atomic E-state index is 10.6. The van der Waals surface area contributed by atoms with E-state index in [9.17, 15) is 9.90 Å². The van der Waals surface area contributed by atoms with Gasteiger partial charge in [-0.15, -0.1) is 0 Å². The summed E-state index contributed by atoms with van der Waals surface area (Å²) in [6.45, 7) is 0. The van der Waals surface area contributed by atoms with Gasteiger partial charge in [-0.2, -0.15) is 0 Å².